The fourth-order valence-electron chi connectivity index (χ4n) is 2.20. The molecule has 4 heteroatoms. The third-order valence-electron chi connectivity index (χ3n) is 3.14. The molecule has 2 rings (SSSR count). The number of nitrogens with one attached hydrogen (secondary N) is 1. The molecule has 1 aliphatic rings. The van der Waals surface area contributed by atoms with Gasteiger partial charge in [-0.25, -0.2) is 4.98 Å². The zero-order valence-corrected chi connectivity index (χ0v) is 10.9. The Labute approximate surface area is 103 Å². The van der Waals surface area contributed by atoms with Crippen molar-refractivity contribution >= 4 is 5.95 Å². The van der Waals surface area contributed by atoms with E-state index in [1.54, 1.807) is 0 Å². The van der Waals surface area contributed by atoms with Crippen molar-refractivity contribution in [1.29, 1.82) is 0 Å². The molecule has 1 fully saturated rings. The van der Waals surface area contributed by atoms with E-state index in [1.807, 2.05) is 6.92 Å². The topological polar surface area (TPSA) is 39.1 Å². The molecule has 1 atom stereocenters. The number of nitrogens with zero attached hydrogens (tertiary/aromatic N) is 2. The fourth-order valence-corrected chi connectivity index (χ4v) is 2.20. The highest BCUT2D eigenvalue weighted by Crippen LogP contribution is 2.15. The van der Waals surface area contributed by atoms with Gasteiger partial charge in [0.1, 0.15) is 0 Å². The SMILES string of the molecule is CCCCn1cc(C)nc1NC1CCCOC1. The summed E-state index contributed by atoms with van der Waals surface area (Å²) in [5, 5.41) is 3.51. The lowest BCUT2D eigenvalue weighted by Crippen LogP contribution is -2.31. The van der Waals surface area contributed by atoms with Crippen molar-refractivity contribution in [3.63, 3.8) is 0 Å². The second-order valence-corrected chi connectivity index (χ2v) is 4.81. The number of rotatable bonds is 5. The van der Waals surface area contributed by atoms with Crippen LogP contribution in [0.25, 0.3) is 0 Å². The number of ether oxygens (including phenoxy) is 1. The molecule has 0 aromatic carbocycles. The highest BCUT2D eigenvalue weighted by molar-refractivity contribution is 5.30. The summed E-state index contributed by atoms with van der Waals surface area (Å²) in [4.78, 5) is 4.55. The maximum absolute atomic E-state index is 5.48. The zero-order valence-electron chi connectivity index (χ0n) is 10.9. The standard InChI is InChI=1S/C13H23N3O/c1-3-4-7-16-9-11(2)14-13(16)15-12-6-5-8-17-10-12/h9,12H,3-8,10H2,1-2H3,(H,14,15). The molecule has 1 aromatic heterocycles. The second kappa shape index (κ2) is 6.05. The number of imidazole rings is 1. The minimum atomic E-state index is 0.422. The number of hydrogen-bond donors (Lipinski definition) is 1. The van der Waals surface area contributed by atoms with Gasteiger partial charge in [0.05, 0.1) is 18.3 Å². The van der Waals surface area contributed by atoms with E-state index in [2.05, 4.69) is 28.0 Å². The normalized spacial score (nSPS) is 20.5. The average molecular weight is 237 g/mol. The summed E-state index contributed by atoms with van der Waals surface area (Å²) in [5.41, 5.74) is 1.08. The fraction of sp³-hybridized carbons (Fsp3) is 0.769. The molecule has 1 unspecified atom stereocenters. The maximum Gasteiger partial charge on any atom is 0.203 e. The summed E-state index contributed by atoms with van der Waals surface area (Å²) in [5.74, 6) is 1.01. The molecule has 0 bridgehead atoms. The molecule has 1 saturated heterocycles. The van der Waals surface area contributed by atoms with Crippen LogP contribution in [0.5, 0.6) is 0 Å². The van der Waals surface area contributed by atoms with E-state index in [0.29, 0.717) is 6.04 Å². The first-order valence-corrected chi connectivity index (χ1v) is 6.67. The molecule has 4 nitrogen and oxygen atoms in total. The number of unbranched alkanes of at least 4 members (excludes halogenated alkanes) is 1. The molecule has 17 heavy (non-hydrogen) atoms. The highest BCUT2D eigenvalue weighted by atomic mass is 16.5. The summed E-state index contributed by atoms with van der Waals surface area (Å²) in [6, 6.07) is 0.422. The van der Waals surface area contributed by atoms with Gasteiger partial charge in [-0.1, -0.05) is 13.3 Å². The Morgan fingerprint density at radius 1 is 1.59 bits per heavy atom. The quantitative estimate of drug-likeness (QED) is 0.855. The molecule has 1 N–H and O–H groups in total. The Kier molecular flexibility index (Phi) is 4.42. The van der Waals surface area contributed by atoms with Gasteiger partial charge in [0, 0.05) is 19.3 Å². The van der Waals surface area contributed by atoms with Crippen LogP contribution in [-0.4, -0.2) is 28.8 Å². The monoisotopic (exact) mass is 237 g/mol. The van der Waals surface area contributed by atoms with E-state index in [9.17, 15) is 0 Å². The van der Waals surface area contributed by atoms with Crippen molar-refractivity contribution in [3.8, 4) is 0 Å². The summed E-state index contributed by atoms with van der Waals surface area (Å²) in [6.07, 6.45) is 6.86. The molecule has 2 heterocycles. The van der Waals surface area contributed by atoms with E-state index in [1.165, 1.54) is 19.3 Å². The predicted octanol–water partition coefficient (Wildman–Crippen LogP) is 2.58. The van der Waals surface area contributed by atoms with Crippen LogP contribution in [-0.2, 0) is 11.3 Å². The van der Waals surface area contributed by atoms with Crippen LogP contribution < -0.4 is 5.32 Å². The molecule has 0 radical (unpaired) electrons. The third kappa shape index (κ3) is 3.46. The minimum Gasteiger partial charge on any atom is -0.379 e. The lowest BCUT2D eigenvalue weighted by molar-refractivity contribution is 0.0873. The van der Waals surface area contributed by atoms with Gasteiger partial charge >= 0.3 is 0 Å². The first-order valence-electron chi connectivity index (χ1n) is 6.67. The molecular weight excluding hydrogens is 214 g/mol. The minimum absolute atomic E-state index is 0.422. The van der Waals surface area contributed by atoms with E-state index in [0.717, 1.165) is 37.8 Å². The average Bonchev–Trinajstić information content (AvgIpc) is 2.68. The molecule has 1 aliphatic heterocycles. The number of aryl methyl sites for hydroxylation is 2. The van der Waals surface area contributed by atoms with Crippen LogP contribution in [0.1, 0.15) is 38.3 Å². The Hall–Kier alpha value is -1.03. The van der Waals surface area contributed by atoms with Crippen molar-refractivity contribution in [2.75, 3.05) is 18.5 Å². The molecule has 0 saturated carbocycles. The molecule has 1 aromatic rings. The number of hydrogen-bond acceptors (Lipinski definition) is 3. The zero-order chi connectivity index (χ0) is 12.1. The first kappa shape index (κ1) is 12.4. The van der Waals surface area contributed by atoms with Crippen LogP contribution in [0, 0.1) is 6.92 Å². The Bertz CT molecular complexity index is 342. The largest absolute Gasteiger partial charge is 0.379 e. The lowest BCUT2D eigenvalue weighted by Gasteiger charge is -2.23. The summed E-state index contributed by atoms with van der Waals surface area (Å²) in [6.45, 7) is 7.02. The van der Waals surface area contributed by atoms with E-state index < -0.39 is 0 Å². The van der Waals surface area contributed by atoms with Gasteiger partial charge in [0.15, 0.2) is 0 Å². The lowest BCUT2D eigenvalue weighted by atomic mass is 10.1. The van der Waals surface area contributed by atoms with Crippen molar-refractivity contribution in [3.05, 3.63) is 11.9 Å². The van der Waals surface area contributed by atoms with Gasteiger partial charge in [-0.3, -0.25) is 0 Å². The van der Waals surface area contributed by atoms with Crippen LogP contribution in [0.15, 0.2) is 6.20 Å². The van der Waals surface area contributed by atoms with Gasteiger partial charge in [-0.05, 0) is 26.2 Å². The van der Waals surface area contributed by atoms with Gasteiger partial charge in [-0.2, -0.15) is 0 Å². The van der Waals surface area contributed by atoms with Gasteiger partial charge < -0.3 is 14.6 Å². The molecule has 0 spiro atoms. The van der Waals surface area contributed by atoms with Crippen LogP contribution in [0.3, 0.4) is 0 Å². The van der Waals surface area contributed by atoms with E-state index in [-0.39, 0.29) is 0 Å². The highest BCUT2D eigenvalue weighted by Gasteiger charge is 2.16. The van der Waals surface area contributed by atoms with Crippen LogP contribution in [0.4, 0.5) is 5.95 Å². The van der Waals surface area contributed by atoms with Crippen molar-refractivity contribution in [1.82, 2.24) is 9.55 Å². The van der Waals surface area contributed by atoms with Crippen molar-refractivity contribution in [2.45, 2.75) is 52.1 Å². The number of anilines is 1. The van der Waals surface area contributed by atoms with Crippen molar-refractivity contribution < 1.29 is 4.74 Å². The van der Waals surface area contributed by atoms with E-state index >= 15 is 0 Å². The van der Waals surface area contributed by atoms with Gasteiger partial charge in [-0.15, -0.1) is 0 Å². The summed E-state index contributed by atoms with van der Waals surface area (Å²) < 4.78 is 7.71. The Balaban J connectivity index is 1.97. The van der Waals surface area contributed by atoms with Gasteiger partial charge in [0.25, 0.3) is 0 Å². The summed E-state index contributed by atoms with van der Waals surface area (Å²) >= 11 is 0. The van der Waals surface area contributed by atoms with Crippen LogP contribution in [0.2, 0.25) is 0 Å². The van der Waals surface area contributed by atoms with Crippen LogP contribution >= 0.6 is 0 Å². The smallest absolute Gasteiger partial charge is 0.203 e. The second-order valence-electron chi connectivity index (χ2n) is 4.81. The number of aromatic nitrogens is 2. The summed E-state index contributed by atoms with van der Waals surface area (Å²) in [7, 11) is 0. The molecule has 0 amide bonds. The Morgan fingerprint density at radius 2 is 2.47 bits per heavy atom. The van der Waals surface area contributed by atoms with E-state index in [4.69, 9.17) is 4.74 Å². The Morgan fingerprint density at radius 3 is 3.18 bits per heavy atom. The maximum atomic E-state index is 5.48. The third-order valence-corrected chi connectivity index (χ3v) is 3.14. The first-order chi connectivity index (χ1) is 8.29. The van der Waals surface area contributed by atoms with Crippen molar-refractivity contribution in [2.24, 2.45) is 0 Å². The predicted molar refractivity (Wildman–Crippen MR) is 69.3 cm³/mol. The molecule has 96 valence electrons. The van der Waals surface area contributed by atoms with Gasteiger partial charge in [0.2, 0.25) is 5.95 Å². The molecular formula is C13H23N3O. The molecule has 0 aliphatic carbocycles.